The van der Waals surface area contributed by atoms with Gasteiger partial charge in [-0.1, -0.05) is 103 Å². The van der Waals surface area contributed by atoms with Crippen molar-refractivity contribution in [2.75, 3.05) is 59.1 Å². The summed E-state index contributed by atoms with van der Waals surface area (Å²) in [6.45, 7) is 2.55. The Hall–Kier alpha value is -5.54. The standard InChI is InChI=1S/C48H50N5O8PS2/c1-53(26-14-15-27-53)28-34-31-63-45-41(44(55)52(45)42(34)46(56)61-29-33-22-24-38(58-2)25-23-33)50-43(54)39(30-62(57,59-3)60-4)40-32-64-47(49-40)51-48(35-16-8-5-9-17-35,36-18-10-6-11-19-36)37-20-12-7-13-21-37/h5-13,16-25,30,32,41,45H,14-15,26-29,31H2,1-4H3,(H-,49,50,51,54)/p+1/b39-30-/t41-,45-/m1/s1. The molecule has 4 aromatic carbocycles. The molecule has 16 heteroatoms. The van der Waals surface area contributed by atoms with Crippen molar-refractivity contribution < 1.29 is 42.0 Å². The number of carbonyl (C=O) groups excluding carboxylic acids is 3. The highest BCUT2D eigenvalue weighted by molar-refractivity contribution is 8.00. The molecule has 0 aliphatic carbocycles. The summed E-state index contributed by atoms with van der Waals surface area (Å²) < 4.78 is 36.2. The number of hydrogen-bond donors (Lipinski definition) is 2. The van der Waals surface area contributed by atoms with Crippen LogP contribution < -0.4 is 15.4 Å². The number of fused-ring (bicyclic) bond motifs is 1. The summed E-state index contributed by atoms with van der Waals surface area (Å²) >= 11 is 2.75. The number of aromatic nitrogens is 1. The molecule has 4 heterocycles. The maximum Gasteiger partial charge on any atom is 0.355 e. The van der Waals surface area contributed by atoms with Crippen molar-refractivity contribution in [3.63, 3.8) is 0 Å². The number of benzene rings is 4. The molecule has 8 rings (SSSR count). The average molecular weight is 921 g/mol. The van der Waals surface area contributed by atoms with E-state index in [2.05, 4.69) is 17.7 Å². The molecule has 2 N–H and O–H groups in total. The van der Waals surface area contributed by atoms with Gasteiger partial charge in [-0.05, 0) is 34.4 Å². The third-order valence-corrected chi connectivity index (χ3v) is 15.7. The molecule has 64 heavy (non-hydrogen) atoms. The summed E-state index contributed by atoms with van der Waals surface area (Å²) in [5, 5.41) is 8.18. The molecule has 2 saturated heterocycles. The molecule has 332 valence electrons. The van der Waals surface area contributed by atoms with Crippen LogP contribution in [-0.2, 0) is 44.9 Å². The normalized spacial score (nSPS) is 18.5. The van der Waals surface area contributed by atoms with Gasteiger partial charge in [0.1, 0.15) is 41.6 Å². The number of hydrogen-bond acceptors (Lipinski definition) is 12. The highest BCUT2D eigenvalue weighted by Gasteiger charge is 2.55. The molecule has 1 aromatic heterocycles. The number of carbonyl (C=O) groups is 3. The van der Waals surface area contributed by atoms with Crippen LogP contribution in [-0.4, -0.2) is 97.3 Å². The Kier molecular flexibility index (Phi) is 13.6. The Bertz CT molecular complexity index is 2480. The largest absolute Gasteiger partial charge is 0.497 e. The van der Waals surface area contributed by atoms with Crippen LogP contribution in [0.2, 0.25) is 0 Å². The number of thioether (sulfide) groups is 1. The average Bonchev–Trinajstić information content (AvgIpc) is 4.00. The van der Waals surface area contributed by atoms with E-state index < -0.39 is 42.3 Å². The number of nitrogens with zero attached hydrogens (tertiary/aromatic N) is 3. The molecule has 2 amide bonds. The van der Waals surface area contributed by atoms with E-state index in [-0.39, 0.29) is 23.6 Å². The van der Waals surface area contributed by atoms with Crippen molar-refractivity contribution in [2.24, 2.45) is 0 Å². The number of rotatable bonds is 17. The van der Waals surface area contributed by atoms with Gasteiger partial charge in [-0.25, -0.2) is 9.78 Å². The van der Waals surface area contributed by atoms with Gasteiger partial charge in [-0.15, -0.1) is 23.1 Å². The van der Waals surface area contributed by atoms with Gasteiger partial charge in [0.15, 0.2) is 5.13 Å². The zero-order valence-corrected chi connectivity index (χ0v) is 38.6. The molecule has 0 saturated carbocycles. The molecule has 13 nitrogen and oxygen atoms in total. The monoisotopic (exact) mass is 920 g/mol. The smallest absolute Gasteiger partial charge is 0.355 e. The lowest BCUT2D eigenvalue weighted by Gasteiger charge is -2.50. The molecule has 2 atom stereocenters. The van der Waals surface area contributed by atoms with Crippen LogP contribution in [0.1, 0.15) is 40.8 Å². The summed E-state index contributed by atoms with van der Waals surface area (Å²) in [7, 11) is 2.26. The van der Waals surface area contributed by atoms with Crippen LogP contribution in [0.4, 0.5) is 5.13 Å². The Morgan fingerprint density at radius 2 is 1.45 bits per heavy atom. The molecule has 3 aliphatic heterocycles. The van der Waals surface area contributed by atoms with Gasteiger partial charge in [0.05, 0.1) is 38.5 Å². The van der Waals surface area contributed by atoms with Gasteiger partial charge in [0.2, 0.25) is 0 Å². The van der Waals surface area contributed by atoms with Gasteiger partial charge < -0.3 is 33.6 Å². The predicted octanol–water partition coefficient (Wildman–Crippen LogP) is 8.02. The topological polar surface area (TPSA) is 145 Å². The maximum absolute atomic E-state index is 14.5. The molecule has 0 radical (unpaired) electrons. The minimum Gasteiger partial charge on any atom is -0.497 e. The van der Waals surface area contributed by atoms with Crippen molar-refractivity contribution in [3.05, 3.63) is 166 Å². The number of β-lactam (4-membered cyclic amide) rings is 1. The molecular weight excluding hydrogens is 870 g/mol. The summed E-state index contributed by atoms with van der Waals surface area (Å²) in [6, 6.07) is 36.3. The first-order valence-electron chi connectivity index (χ1n) is 21.0. The Morgan fingerprint density at radius 3 is 2.00 bits per heavy atom. The Balaban J connectivity index is 1.09. The molecular formula is C48H51N5O8PS2+. The number of thiazole rings is 1. The van der Waals surface area contributed by atoms with E-state index in [9.17, 15) is 18.9 Å². The highest BCUT2D eigenvalue weighted by atomic mass is 32.2. The number of methoxy groups -OCH3 is 1. The van der Waals surface area contributed by atoms with E-state index >= 15 is 0 Å². The van der Waals surface area contributed by atoms with Crippen LogP contribution in [0, 0.1) is 0 Å². The molecule has 0 bridgehead atoms. The van der Waals surface area contributed by atoms with Crippen LogP contribution in [0.15, 0.2) is 138 Å². The lowest BCUT2D eigenvalue weighted by atomic mass is 9.77. The van der Waals surface area contributed by atoms with Crippen LogP contribution in [0.25, 0.3) is 5.57 Å². The van der Waals surface area contributed by atoms with E-state index in [0.29, 0.717) is 23.2 Å². The lowest BCUT2D eigenvalue weighted by Crippen LogP contribution is -2.71. The Labute approximate surface area is 381 Å². The first-order valence-corrected chi connectivity index (χ1v) is 24.5. The van der Waals surface area contributed by atoms with E-state index in [4.69, 9.17) is 23.5 Å². The fourth-order valence-corrected chi connectivity index (χ4v) is 11.7. The minimum absolute atomic E-state index is 0.00655. The van der Waals surface area contributed by atoms with E-state index in [0.717, 1.165) is 64.1 Å². The van der Waals surface area contributed by atoms with Crippen molar-refractivity contribution in [2.45, 2.75) is 36.4 Å². The molecule has 5 aromatic rings. The molecule has 0 spiro atoms. The lowest BCUT2D eigenvalue weighted by molar-refractivity contribution is -0.893. The first-order chi connectivity index (χ1) is 31.0. The molecule has 3 aliphatic rings. The maximum atomic E-state index is 14.5. The van der Waals surface area contributed by atoms with Gasteiger partial charge >= 0.3 is 13.6 Å². The second-order valence-corrected chi connectivity index (χ2v) is 20.2. The second-order valence-electron chi connectivity index (χ2n) is 16.1. The molecule has 0 unspecified atom stereocenters. The van der Waals surface area contributed by atoms with Crippen molar-refractivity contribution in [1.82, 2.24) is 15.2 Å². The fraction of sp³-hybridized carbons (Fsp3) is 0.292. The first kappa shape index (κ1) is 45.0. The van der Waals surface area contributed by atoms with Gasteiger partial charge in [0.25, 0.3) is 11.8 Å². The van der Waals surface area contributed by atoms with Crippen LogP contribution in [0.5, 0.6) is 5.75 Å². The molecule has 2 fully saturated rings. The van der Waals surface area contributed by atoms with Crippen molar-refractivity contribution in [1.29, 1.82) is 0 Å². The number of quaternary nitrogens is 1. The van der Waals surface area contributed by atoms with Gasteiger partial charge in [-0.3, -0.25) is 19.1 Å². The number of likely N-dealkylation sites (tertiary alicyclic amines) is 1. The third-order valence-electron chi connectivity index (χ3n) is 12.0. The second kappa shape index (κ2) is 19.3. The summed E-state index contributed by atoms with van der Waals surface area (Å²) in [4.78, 5) is 49.2. The number of esters is 1. The quantitative estimate of drug-likeness (QED) is 0.0234. The van der Waals surface area contributed by atoms with Gasteiger partial charge in [-0.2, -0.15) is 0 Å². The number of amides is 2. The van der Waals surface area contributed by atoms with Gasteiger partial charge in [0, 0.05) is 49.6 Å². The minimum atomic E-state index is -3.96. The predicted molar refractivity (Wildman–Crippen MR) is 249 cm³/mol. The van der Waals surface area contributed by atoms with Crippen molar-refractivity contribution >= 4 is 59.2 Å². The zero-order chi connectivity index (χ0) is 44.9. The van der Waals surface area contributed by atoms with E-state index in [1.54, 1.807) is 24.6 Å². The summed E-state index contributed by atoms with van der Waals surface area (Å²) in [6.07, 6.45) is 2.18. The SMILES string of the molecule is COc1ccc(COC(=O)C2=C(C[N+]3(C)CCCC3)CS[C@@H]3[C@H](NC(=O)/C(=C\P(=O)(OC)OC)c4csc(NC(c5ccccc5)(c5ccccc5)c5ccccc5)n4)C(=O)N23)cc1. The fourth-order valence-electron chi connectivity index (χ4n) is 8.64. The number of anilines is 1. The van der Waals surface area contributed by atoms with Crippen LogP contribution >= 0.6 is 30.7 Å². The van der Waals surface area contributed by atoms with Crippen molar-refractivity contribution in [3.8, 4) is 5.75 Å². The highest BCUT2D eigenvalue weighted by Crippen LogP contribution is 2.51. The number of likely N-dealkylation sites (N-methyl/N-ethyl adjacent to an activating group) is 1. The third kappa shape index (κ3) is 9.19. The summed E-state index contributed by atoms with van der Waals surface area (Å²) in [5.41, 5.74) is 3.88. The van der Waals surface area contributed by atoms with Crippen LogP contribution in [0.3, 0.4) is 0 Å². The summed E-state index contributed by atoms with van der Waals surface area (Å²) in [5.74, 6) is 0.529. The zero-order valence-electron chi connectivity index (χ0n) is 36.1. The number of ether oxygens (including phenoxy) is 2. The Morgan fingerprint density at radius 1 is 0.875 bits per heavy atom. The van der Waals surface area contributed by atoms with E-state index in [1.165, 1.54) is 42.2 Å². The number of nitrogens with one attached hydrogen (secondary N) is 2. The van der Waals surface area contributed by atoms with E-state index in [1.807, 2.05) is 103 Å².